The Kier molecular flexibility index (Phi) is 5.61. The minimum Gasteiger partial charge on any atom is -0.305 e. The molecule has 5 heteroatoms. The van der Waals surface area contributed by atoms with E-state index in [-0.39, 0.29) is 16.9 Å². The van der Waals surface area contributed by atoms with Gasteiger partial charge >= 0.3 is 0 Å². The van der Waals surface area contributed by atoms with Gasteiger partial charge in [0.25, 0.3) is 0 Å². The molecular weight excluding hydrogens is 361 g/mol. The van der Waals surface area contributed by atoms with Gasteiger partial charge in [0.2, 0.25) is 0 Å². The Morgan fingerprint density at radius 2 is 2.15 bits per heavy atom. The second kappa shape index (κ2) is 7.03. The van der Waals surface area contributed by atoms with Crippen LogP contribution in [-0.4, -0.2) is 6.54 Å². The Labute approximate surface area is 136 Å². The van der Waals surface area contributed by atoms with Crippen LogP contribution in [-0.2, 0) is 0 Å². The summed E-state index contributed by atoms with van der Waals surface area (Å²) in [6.45, 7) is 4.97. The molecule has 0 aliphatic rings. The van der Waals surface area contributed by atoms with Crippen LogP contribution in [0.4, 0.5) is 4.39 Å². The fourth-order valence-electron chi connectivity index (χ4n) is 2.08. The normalized spacial score (nSPS) is 12.7. The second-order valence-corrected chi connectivity index (χ2v) is 6.80. The van der Waals surface area contributed by atoms with E-state index in [1.807, 2.05) is 12.3 Å². The van der Waals surface area contributed by atoms with E-state index in [0.717, 1.165) is 17.8 Å². The van der Waals surface area contributed by atoms with Crippen LogP contribution in [0.5, 0.6) is 0 Å². The summed E-state index contributed by atoms with van der Waals surface area (Å²) in [6.07, 6.45) is 0.993. The Hall–Kier alpha value is -0.420. The van der Waals surface area contributed by atoms with Crippen LogP contribution < -0.4 is 5.32 Å². The Balaban J connectivity index is 2.47. The third-order valence-electron chi connectivity index (χ3n) is 3.14. The number of nitrogens with one attached hydrogen (secondary N) is 1. The van der Waals surface area contributed by atoms with Crippen molar-refractivity contribution in [2.75, 3.05) is 6.54 Å². The average Bonchev–Trinajstić information content (AvgIpc) is 2.85. The van der Waals surface area contributed by atoms with Gasteiger partial charge in [-0.25, -0.2) is 4.39 Å². The van der Waals surface area contributed by atoms with Gasteiger partial charge in [0.05, 0.1) is 11.1 Å². The number of hydrogen-bond donors (Lipinski definition) is 1. The van der Waals surface area contributed by atoms with Gasteiger partial charge in [0, 0.05) is 14.9 Å². The van der Waals surface area contributed by atoms with Crippen molar-refractivity contribution in [2.24, 2.45) is 0 Å². The van der Waals surface area contributed by atoms with Gasteiger partial charge in [-0.15, -0.1) is 11.3 Å². The van der Waals surface area contributed by atoms with E-state index >= 15 is 0 Å². The molecule has 1 atom stereocenters. The van der Waals surface area contributed by atoms with E-state index in [2.05, 4.69) is 34.2 Å². The molecule has 0 fully saturated rings. The number of rotatable bonds is 5. The lowest BCUT2D eigenvalue weighted by molar-refractivity contribution is 0.550. The molecule has 1 N–H and O–H groups in total. The number of thiophene rings is 1. The summed E-state index contributed by atoms with van der Waals surface area (Å²) in [5.74, 6) is -0.359. The molecule has 0 aliphatic heterocycles. The fraction of sp³-hybridized carbons (Fsp3) is 0.333. The van der Waals surface area contributed by atoms with Crippen LogP contribution in [0.1, 0.15) is 35.4 Å². The summed E-state index contributed by atoms with van der Waals surface area (Å²) in [5.41, 5.74) is 1.76. The van der Waals surface area contributed by atoms with Crippen LogP contribution in [0.15, 0.2) is 28.1 Å². The van der Waals surface area contributed by atoms with Gasteiger partial charge in [-0.3, -0.25) is 0 Å². The predicted molar refractivity (Wildman–Crippen MR) is 88.3 cm³/mol. The van der Waals surface area contributed by atoms with Crippen molar-refractivity contribution in [2.45, 2.75) is 26.3 Å². The number of halogens is 3. The van der Waals surface area contributed by atoms with Crippen molar-refractivity contribution in [1.82, 2.24) is 5.32 Å². The molecule has 1 aromatic carbocycles. The van der Waals surface area contributed by atoms with E-state index in [4.69, 9.17) is 11.6 Å². The molecule has 0 bridgehead atoms. The summed E-state index contributed by atoms with van der Waals surface area (Å²) in [5, 5.41) is 5.58. The quantitative estimate of drug-likeness (QED) is 0.660. The highest BCUT2D eigenvalue weighted by atomic mass is 79.9. The molecule has 0 saturated heterocycles. The SMILES string of the molecule is CCCNC(c1ccc(Br)c(Cl)c1F)c1sccc1C. The van der Waals surface area contributed by atoms with E-state index in [9.17, 15) is 4.39 Å². The van der Waals surface area contributed by atoms with Gasteiger partial charge in [-0.05, 0) is 58.9 Å². The van der Waals surface area contributed by atoms with Crippen LogP contribution in [0.2, 0.25) is 5.02 Å². The Bertz CT molecular complexity index is 600. The smallest absolute Gasteiger partial charge is 0.148 e. The van der Waals surface area contributed by atoms with Crippen LogP contribution in [0, 0.1) is 12.7 Å². The van der Waals surface area contributed by atoms with E-state index in [0.29, 0.717) is 10.0 Å². The highest BCUT2D eigenvalue weighted by Crippen LogP contribution is 2.35. The number of hydrogen-bond acceptors (Lipinski definition) is 2. The van der Waals surface area contributed by atoms with Crippen LogP contribution >= 0.6 is 38.9 Å². The summed E-state index contributed by atoms with van der Waals surface area (Å²) < 4.78 is 15.0. The van der Waals surface area contributed by atoms with Crippen molar-refractivity contribution < 1.29 is 4.39 Å². The maximum absolute atomic E-state index is 14.5. The molecule has 0 amide bonds. The van der Waals surface area contributed by atoms with Crippen molar-refractivity contribution in [1.29, 1.82) is 0 Å². The first-order valence-electron chi connectivity index (χ1n) is 6.47. The summed E-state index contributed by atoms with van der Waals surface area (Å²) in [6, 6.07) is 5.49. The minimum atomic E-state index is -0.359. The molecule has 1 heterocycles. The lowest BCUT2D eigenvalue weighted by Gasteiger charge is -2.20. The minimum absolute atomic E-state index is 0.139. The summed E-state index contributed by atoms with van der Waals surface area (Å²) >= 11 is 10.9. The lowest BCUT2D eigenvalue weighted by Crippen LogP contribution is -2.24. The summed E-state index contributed by atoms with van der Waals surface area (Å²) in [4.78, 5) is 1.13. The van der Waals surface area contributed by atoms with Gasteiger partial charge in [-0.1, -0.05) is 24.6 Å². The number of benzene rings is 1. The Morgan fingerprint density at radius 3 is 2.75 bits per heavy atom. The van der Waals surface area contributed by atoms with Crippen LogP contribution in [0.3, 0.4) is 0 Å². The molecule has 1 nitrogen and oxygen atoms in total. The van der Waals surface area contributed by atoms with Crippen molar-refractivity contribution in [3.63, 3.8) is 0 Å². The molecule has 0 spiro atoms. The first-order chi connectivity index (χ1) is 9.56. The molecule has 0 aliphatic carbocycles. The molecule has 0 radical (unpaired) electrons. The standard InChI is InChI=1S/C15H16BrClFNS/c1-3-7-19-14(15-9(2)6-8-20-15)10-4-5-11(16)12(17)13(10)18/h4-6,8,14,19H,3,7H2,1-2H3. The molecule has 1 aromatic heterocycles. The van der Waals surface area contributed by atoms with Gasteiger partial charge in [0.15, 0.2) is 0 Å². The first kappa shape index (κ1) is 16.0. The molecule has 108 valence electrons. The fourth-order valence-corrected chi connectivity index (χ4v) is 3.57. The second-order valence-electron chi connectivity index (χ2n) is 4.62. The highest BCUT2D eigenvalue weighted by molar-refractivity contribution is 9.10. The average molecular weight is 377 g/mol. The molecule has 1 unspecified atom stereocenters. The van der Waals surface area contributed by atoms with E-state index in [1.54, 1.807) is 23.5 Å². The highest BCUT2D eigenvalue weighted by Gasteiger charge is 2.22. The third-order valence-corrected chi connectivity index (χ3v) is 5.48. The van der Waals surface area contributed by atoms with Crippen molar-refractivity contribution >= 4 is 38.9 Å². The topological polar surface area (TPSA) is 12.0 Å². The molecule has 0 saturated carbocycles. The van der Waals surface area contributed by atoms with Crippen molar-refractivity contribution in [3.05, 3.63) is 54.9 Å². The molecule has 20 heavy (non-hydrogen) atoms. The lowest BCUT2D eigenvalue weighted by atomic mass is 10.0. The first-order valence-corrected chi connectivity index (χ1v) is 8.52. The zero-order chi connectivity index (χ0) is 14.7. The molecular formula is C15H16BrClFNS. The van der Waals surface area contributed by atoms with Crippen molar-refractivity contribution in [3.8, 4) is 0 Å². The van der Waals surface area contributed by atoms with Crippen LogP contribution in [0.25, 0.3) is 0 Å². The van der Waals surface area contributed by atoms with Gasteiger partial charge < -0.3 is 5.32 Å². The van der Waals surface area contributed by atoms with E-state index < -0.39 is 0 Å². The largest absolute Gasteiger partial charge is 0.305 e. The number of aryl methyl sites for hydroxylation is 1. The van der Waals surface area contributed by atoms with Gasteiger partial charge in [0.1, 0.15) is 5.82 Å². The maximum atomic E-state index is 14.5. The Morgan fingerprint density at radius 1 is 1.40 bits per heavy atom. The zero-order valence-electron chi connectivity index (χ0n) is 11.3. The molecule has 2 rings (SSSR count). The monoisotopic (exact) mass is 375 g/mol. The predicted octanol–water partition coefficient (Wildman–Crippen LogP) is 5.70. The molecule has 2 aromatic rings. The van der Waals surface area contributed by atoms with E-state index in [1.165, 1.54) is 5.56 Å². The maximum Gasteiger partial charge on any atom is 0.148 e. The summed E-state index contributed by atoms with van der Waals surface area (Å²) in [7, 11) is 0. The third kappa shape index (κ3) is 3.25. The van der Waals surface area contributed by atoms with Gasteiger partial charge in [-0.2, -0.15) is 0 Å². The zero-order valence-corrected chi connectivity index (χ0v) is 14.5.